The van der Waals surface area contributed by atoms with Crippen LogP contribution in [-0.2, 0) is 16.0 Å². The van der Waals surface area contributed by atoms with Crippen molar-refractivity contribution in [2.75, 3.05) is 18.4 Å². The molecule has 1 aromatic carbocycles. The molecule has 2 rings (SSSR count). The van der Waals surface area contributed by atoms with Crippen molar-refractivity contribution in [1.29, 1.82) is 0 Å². The number of carbonyl (C=O) groups is 2. The summed E-state index contributed by atoms with van der Waals surface area (Å²) in [4.78, 5) is 26.5. The van der Waals surface area contributed by atoms with Crippen LogP contribution in [-0.4, -0.2) is 35.0 Å². The van der Waals surface area contributed by atoms with E-state index in [9.17, 15) is 9.59 Å². The molecule has 0 saturated carbocycles. The highest BCUT2D eigenvalue weighted by Crippen LogP contribution is 2.10. The lowest BCUT2D eigenvalue weighted by Crippen LogP contribution is -2.39. The summed E-state index contributed by atoms with van der Waals surface area (Å²) < 4.78 is 4.94. The highest BCUT2D eigenvalue weighted by molar-refractivity contribution is 5.93. The number of hydrogen-bond acceptors (Lipinski definition) is 4. The summed E-state index contributed by atoms with van der Waals surface area (Å²) in [5, 5.41) is 6.42. The molecule has 0 radical (unpaired) electrons. The molecule has 0 aliphatic heterocycles. The average Bonchev–Trinajstić information content (AvgIpc) is 3.01. The molecule has 0 bridgehead atoms. The first-order chi connectivity index (χ1) is 12.4. The summed E-state index contributed by atoms with van der Waals surface area (Å²) in [5.74, 6) is 1.17. The van der Waals surface area contributed by atoms with E-state index >= 15 is 0 Å². The van der Waals surface area contributed by atoms with E-state index in [-0.39, 0.29) is 18.4 Å². The molecule has 0 fully saturated rings. The van der Waals surface area contributed by atoms with Crippen molar-refractivity contribution in [3.05, 3.63) is 47.7 Å². The fraction of sp³-hybridized carbons (Fsp3) is 0.450. The quantitative estimate of drug-likeness (QED) is 0.746. The minimum absolute atomic E-state index is 0.0130. The van der Waals surface area contributed by atoms with Crippen LogP contribution in [0.15, 0.2) is 40.9 Å². The highest BCUT2D eigenvalue weighted by Gasteiger charge is 2.18. The van der Waals surface area contributed by atoms with Gasteiger partial charge in [0.15, 0.2) is 5.82 Å². The van der Waals surface area contributed by atoms with Gasteiger partial charge in [0.1, 0.15) is 5.76 Å². The summed E-state index contributed by atoms with van der Waals surface area (Å²) in [6, 6.07) is 11.5. The fourth-order valence-electron chi connectivity index (χ4n) is 2.54. The fourth-order valence-corrected chi connectivity index (χ4v) is 2.54. The van der Waals surface area contributed by atoms with Gasteiger partial charge < -0.3 is 14.7 Å². The molecular formula is C20H27N3O3. The van der Waals surface area contributed by atoms with Crippen molar-refractivity contribution in [2.24, 2.45) is 5.92 Å². The molecule has 26 heavy (non-hydrogen) atoms. The molecule has 0 aliphatic rings. The normalized spacial score (nSPS) is 10.8. The number of anilines is 1. The molecular weight excluding hydrogens is 330 g/mol. The van der Waals surface area contributed by atoms with E-state index in [1.165, 1.54) is 0 Å². The van der Waals surface area contributed by atoms with Gasteiger partial charge in [-0.15, -0.1) is 0 Å². The van der Waals surface area contributed by atoms with Gasteiger partial charge in [0, 0.05) is 19.0 Å². The van der Waals surface area contributed by atoms with E-state index in [0.717, 1.165) is 12.0 Å². The van der Waals surface area contributed by atoms with Crippen molar-refractivity contribution in [3.8, 4) is 0 Å². The van der Waals surface area contributed by atoms with Gasteiger partial charge in [0.05, 0.1) is 6.54 Å². The zero-order valence-electron chi connectivity index (χ0n) is 15.7. The van der Waals surface area contributed by atoms with Gasteiger partial charge in [-0.1, -0.05) is 49.3 Å². The Bertz CT molecular complexity index is 710. The Kier molecular flexibility index (Phi) is 7.38. The molecule has 2 amide bonds. The van der Waals surface area contributed by atoms with Crippen molar-refractivity contribution in [3.63, 3.8) is 0 Å². The number of nitrogens with one attached hydrogen (secondary N) is 1. The standard InChI is InChI=1S/C20H27N3O3/c1-15(2)11-12-23(14-19(24)21-18-13-16(3)26-22-18)20(25)10-9-17-7-5-4-6-8-17/h4-8,13,15H,9-12,14H2,1-3H3,(H,21,22,24). The van der Waals surface area contributed by atoms with Crippen LogP contribution in [0.3, 0.4) is 0 Å². The van der Waals surface area contributed by atoms with Crippen LogP contribution in [0.4, 0.5) is 5.82 Å². The molecule has 1 N–H and O–H groups in total. The summed E-state index contributed by atoms with van der Waals surface area (Å²) in [6.07, 6.45) is 1.91. The monoisotopic (exact) mass is 357 g/mol. The Morgan fingerprint density at radius 1 is 1.23 bits per heavy atom. The average molecular weight is 357 g/mol. The smallest absolute Gasteiger partial charge is 0.245 e. The number of rotatable bonds is 9. The molecule has 0 saturated heterocycles. The Hall–Kier alpha value is -2.63. The third-order valence-corrected chi connectivity index (χ3v) is 4.03. The maximum absolute atomic E-state index is 12.6. The van der Waals surface area contributed by atoms with Gasteiger partial charge in [-0.2, -0.15) is 0 Å². The van der Waals surface area contributed by atoms with Crippen LogP contribution in [0.5, 0.6) is 0 Å². The van der Waals surface area contributed by atoms with Crippen molar-refractivity contribution >= 4 is 17.6 Å². The molecule has 0 spiro atoms. The molecule has 2 aromatic rings. The Morgan fingerprint density at radius 3 is 2.58 bits per heavy atom. The van der Waals surface area contributed by atoms with Gasteiger partial charge in [-0.25, -0.2) is 0 Å². The third-order valence-electron chi connectivity index (χ3n) is 4.03. The third kappa shape index (κ3) is 6.70. The van der Waals surface area contributed by atoms with E-state index in [1.807, 2.05) is 30.3 Å². The minimum Gasteiger partial charge on any atom is -0.360 e. The van der Waals surface area contributed by atoms with E-state index in [4.69, 9.17) is 4.52 Å². The zero-order valence-corrected chi connectivity index (χ0v) is 15.7. The highest BCUT2D eigenvalue weighted by atomic mass is 16.5. The molecule has 1 aromatic heterocycles. The van der Waals surface area contributed by atoms with Gasteiger partial charge in [-0.05, 0) is 31.2 Å². The molecule has 6 heteroatoms. The largest absolute Gasteiger partial charge is 0.360 e. The number of amides is 2. The second-order valence-corrected chi connectivity index (χ2v) is 6.85. The topological polar surface area (TPSA) is 75.4 Å². The second kappa shape index (κ2) is 9.75. The minimum atomic E-state index is -0.268. The van der Waals surface area contributed by atoms with Crippen molar-refractivity contribution in [2.45, 2.75) is 40.0 Å². The SMILES string of the molecule is Cc1cc(NC(=O)CN(CCC(C)C)C(=O)CCc2ccccc2)no1. The van der Waals surface area contributed by atoms with Gasteiger partial charge in [-0.3, -0.25) is 9.59 Å². The number of aryl methyl sites for hydroxylation is 2. The first kappa shape index (κ1) is 19.7. The Balaban J connectivity index is 1.92. The van der Waals surface area contributed by atoms with E-state index in [2.05, 4.69) is 24.3 Å². The number of nitrogens with zero attached hydrogens (tertiary/aromatic N) is 2. The summed E-state index contributed by atoms with van der Waals surface area (Å²) in [5.41, 5.74) is 1.12. The molecule has 0 aliphatic carbocycles. The molecule has 140 valence electrons. The molecule has 0 unspecified atom stereocenters. The number of hydrogen-bond donors (Lipinski definition) is 1. The van der Waals surface area contributed by atoms with E-state index in [0.29, 0.717) is 36.9 Å². The number of benzene rings is 1. The predicted octanol–water partition coefficient (Wildman–Crippen LogP) is 3.43. The lowest BCUT2D eigenvalue weighted by atomic mass is 10.1. The van der Waals surface area contributed by atoms with Crippen LogP contribution >= 0.6 is 0 Å². The zero-order chi connectivity index (χ0) is 18.9. The Morgan fingerprint density at radius 2 is 1.96 bits per heavy atom. The van der Waals surface area contributed by atoms with Crippen LogP contribution in [0.25, 0.3) is 0 Å². The summed E-state index contributed by atoms with van der Waals surface area (Å²) >= 11 is 0. The first-order valence-electron chi connectivity index (χ1n) is 8.99. The van der Waals surface area contributed by atoms with Gasteiger partial charge in [0.2, 0.25) is 11.8 Å². The lowest BCUT2D eigenvalue weighted by Gasteiger charge is -2.23. The van der Waals surface area contributed by atoms with Crippen LogP contribution in [0, 0.1) is 12.8 Å². The van der Waals surface area contributed by atoms with Crippen molar-refractivity contribution < 1.29 is 14.1 Å². The number of aromatic nitrogens is 1. The number of carbonyl (C=O) groups excluding carboxylic acids is 2. The van der Waals surface area contributed by atoms with Crippen LogP contribution in [0.2, 0.25) is 0 Å². The first-order valence-corrected chi connectivity index (χ1v) is 8.99. The van der Waals surface area contributed by atoms with Gasteiger partial charge in [0.25, 0.3) is 0 Å². The second-order valence-electron chi connectivity index (χ2n) is 6.85. The van der Waals surface area contributed by atoms with Crippen molar-refractivity contribution in [1.82, 2.24) is 10.1 Å². The van der Waals surface area contributed by atoms with E-state index in [1.54, 1.807) is 17.9 Å². The Labute approximate surface area is 154 Å². The van der Waals surface area contributed by atoms with Gasteiger partial charge >= 0.3 is 0 Å². The van der Waals surface area contributed by atoms with Crippen LogP contribution in [0.1, 0.15) is 38.0 Å². The molecule has 6 nitrogen and oxygen atoms in total. The van der Waals surface area contributed by atoms with E-state index < -0.39 is 0 Å². The summed E-state index contributed by atoms with van der Waals surface area (Å²) in [7, 11) is 0. The maximum atomic E-state index is 12.6. The summed E-state index contributed by atoms with van der Waals surface area (Å²) in [6.45, 7) is 6.54. The van der Waals surface area contributed by atoms with Crippen LogP contribution < -0.4 is 5.32 Å². The lowest BCUT2D eigenvalue weighted by molar-refractivity contribution is -0.134. The predicted molar refractivity (Wildman–Crippen MR) is 101 cm³/mol. The maximum Gasteiger partial charge on any atom is 0.245 e. The molecule has 0 atom stereocenters. The molecule has 1 heterocycles.